The van der Waals surface area contributed by atoms with Gasteiger partial charge < -0.3 is 5.32 Å². The van der Waals surface area contributed by atoms with E-state index >= 15 is 0 Å². The van der Waals surface area contributed by atoms with Crippen molar-refractivity contribution in [2.75, 3.05) is 13.6 Å². The second kappa shape index (κ2) is 6.16. The highest BCUT2D eigenvalue weighted by atomic mass is 32.1. The summed E-state index contributed by atoms with van der Waals surface area (Å²) in [7, 11) is 1.99. The Bertz CT molecular complexity index is 485. The average Bonchev–Trinajstić information content (AvgIpc) is 2.95. The summed E-state index contributed by atoms with van der Waals surface area (Å²) < 4.78 is 2.15. The van der Waals surface area contributed by atoms with Gasteiger partial charge in [-0.2, -0.15) is 16.4 Å². The van der Waals surface area contributed by atoms with Crippen LogP contribution in [0, 0.1) is 13.8 Å². The number of aromatic nitrogens is 2. The second-order valence-electron chi connectivity index (χ2n) is 4.61. The molecule has 0 bridgehead atoms. The minimum Gasteiger partial charge on any atom is -0.319 e. The van der Waals surface area contributed by atoms with Crippen molar-refractivity contribution >= 4 is 11.3 Å². The number of aryl methyl sites for hydroxylation is 3. The van der Waals surface area contributed by atoms with E-state index in [1.165, 1.54) is 22.5 Å². The summed E-state index contributed by atoms with van der Waals surface area (Å²) >= 11 is 1.76. The van der Waals surface area contributed by atoms with E-state index in [0.717, 1.165) is 25.9 Å². The third kappa shape index (κ3) is 3.00. The monoisotopic (exact) mass is 263 g/mol. The summed E-state index contributed by atoms with van der Waals surface area (Å²) in [4.78, 5) is 0. The molecule has 0 aliphatic heterocycles. The van der Waals surface area contributed by atoms with Gasteiger partial charge in [0.2, 0.25) is 0 Å². The van der Waals surface area contributed by atoms with Crippen LogP contribution >= 0.6 is 11.3 Å². The highest BCUT2D eigenvalue weighted by Crippen LogP contribution is 2.15. The number of nitrogens with zero attached hydrogens (tertiary/aromatic N) is 2. The van der Waals surface area contributed by atoms with Crippen LogP contribution in [0.2, 0.25) is 0 Å². The maximum absolute atomic E-state index is 4.65. The lowest BCUT2D eigenvalue weighted by Gasteiger charge is -2.05. The molecule has 2 aromatic rings. The van der Waals surface area contributed by atoms with Crippen LogP contribution in [0.4, 0.5) is 0 Å². The number of hydrogen-bond donors (Lipinski definition) is 1. The quantitative estimate of drug-likeness (QED) is 0.868. The SMILES string of the molecule is CNCCc1c(C)nn(CCc2ccsc2)c1C. The molecule has 0 spiro atoms. The predicted octanol–water partition coefficient (Wildman–Crippen LogP) is 2.57. The molecular weight excluding hydrogens is 242 g/mol. The van der Waals surface area contributed by atoms with Crippen LogP contribution in [0.15, 0.2) is 16.8 Å². The molecule has 0 aliphatic rings. The van der Waals surface area contributed by atoms with Crippen molar-refractivity contribution < 1.29 is 0 Å². The van der Waals surface area contributed by atoms with Gasteiger partial charge in [0.25, 0.3) is 0 Å². The Morgan fingerprint density at radius 1 is 1.33 bits per heavy atom. The maximum atomic E-state index is 4.65. The van der Waals surface area contributed by atoms with E-state index in [2.05, 4.69) is 45.8 Å². The first-order valence-electron chi connectivity index (χ1n) is 6.41. The molecule has 0 radical (unpaired) electrons. The second-order valence-corrected chi connectivity index (χ2v) is 5.39. The van der Waals surface area contributed by atoms with Gasteiger partial charge in [-0.25, -0.2) is 0 Å². The van der Waals surface area contributed by atoms with E-state index in [0.29, 0.717) is 0 Å². The number of thiophene rings is 1. The largest absolute Gasteiger partial charge is 0.319 e. The molecule has 1 N–H and O–H groups in total. The van der Waals surface area contributed by atoms with Crippen molar-refractivity contribution in [2.24, 2.45) is 0 Å². The topological polar surface area (TPSA) is 29.9 Å². The van der Waals surface area contributed by atoms with Crippen LogP contribution in [0.3, 0.4) is 0 Å². The Morgan fingerprint density at radius 3 is 2.83 bits per heavy atom. The van der Waals surface area contributed by atoms with Crippen molar-refractivity contribution in [1.82, 2.24) is 15.1 Å². The van der Waals surface area contributed by atoms with E-state index < -0.39 is 0 Å². The summed E-state index contributed by atoms with van der Waals surface area (Å²) in [5, 5.41) is 12.2. The molecule has 0 amide bonds. The molecule has 4 heteroatoms. The van der Waals surface area contributed by atoms with Gasteiger partial charge in [0.15, 0.2) is 0 Å². The molecule has 0 aliphatic carbocycles. The van der Waals surface area contributed by atoms with Gasteiger partial charge in [-0.1, -0.05) is 0 Å². The van der Waals surface area contributed by atoms with Crippen LogP contribution in [0.25, 0.3) is 0 Å². The molecule has 0 saturated carbocycles. The molecule has 3 nitrogen and oxygen atoms in total. The van der Waals surface area contributed by atoms with E-state index in [9.17, 15) is 0 Å². The Labute approximate surface area is 113 Å². The molecule has 0 atom stereocenters. The molecule has 2 aromatic heterocycles. The van der Waals surface area contributed by atoms with Gasteiger partial charge in [0.1, 0.15) is 0 Å². The van der Waals surface area contributed by atoms with Crippen molar-refractivity contribution in [3.63, 3.8) is 0 Å². The van der Waals surface area contributed by atoms with Gasteiger partial charge >= 0.3 is 0 Å². The Balaban J connectivity index is 2.04. The van der Waals surface area contributed by atoms with Gasteiger partial charge in [-0.15, -0.1) is 0 Å². The van der Waals surface area contributed by atoms with Gasteiger partial charge in [-0.05, 0) is 68.2 Å². The van der Waals surface area contributed by atoms with Crippen LogP contribution in [0.5, 0.6) is 0 Å². The summed E-state index contributed by atoms with van der Waals surface area (Å²) in [6.07, 6.45) is 2.13. The fraction of sp³-hybridized carbons (Fsp3) is 0.500. The first kappa shape index (κ1) is 13.3. The molecule has 0 unspecified atom stereocenters. The first-order chi connectivity index (χ1) is 8.72. The van der Waals surface area contributed by atoms with Crippen molar-refractivity contribution in [3.8, 4) is 0 Å². The van der Waals surface area contributed by atoms with E-state index in [4.69, 9.17) is 0 Å². The molecule has 2 heterocycles. The standard InChI is InChI=1S/C14H21N3S/c1-11-14(4-7-15-3)12(2)17(16-11)8-5-13-6-9-18-10-13/h6,9-10,15H,4-5,7-8H2,1-3H3. The zero-order chi connectivity index (χ0) is 13.0. The van der Waals surface area contributed by atoms with E-state index in [1.807, 2.05) is 7.05 Å². The minimum absolute atomic E-state index is 0.975. The number of nitrogens with one attached hydrogen (secondary N) is 1. The molecule has 2 rings (SSSR count). The summed E-state index contributed by atoms with van der Waals surface area (Å²) in [5.41, 5.74) is 5.30. The lowest BCUT2D eigenvalue weighted by atomic mass is 10.1. The van der Waals surface area contributed by atoms with Crippen molar-refractivity contribution in [1.29, 1.82) is 0 Å². The lowest BCUT2D eigenvalue weighted by Crippen LogP contribution is -2.11. The molecule has 18 heavy (non-hydrogen) atoms. The lowest BCUT2D eigenvalue weighted by molar-refractivity contribution is 0.593. The van der Waals surface area contributed by atoms with Gasteiger partial charge in [0.05, 0.1) is 5.69 Å². The maximum Gasteiger partial charge on any atom is 0.0628 e. The van der Waals surface area contributed by atoms with Crippen molar-refractivity contribution in [3.05, 3.63) is 39.3 Å². The molecule has 0 fully saturated rings. The van der Waals surface area contributed by atoms with Crippen LogP contribution in [-0.2, 0) is 19.4 Å². The molecule has 0 aromatic carbocycles. The summed E-state index contributed by atoms with van der Waals surface area (Å²) in [6.45, 7) is 6.28. The van der Waals surface area contributed by atoms with Crippen LogP contribution in [-0.4, -0.2) is 23.4 Å². The minimum atomic E-state index is 0.975. The Hall–Kier alpha value is -1.13. The number of rotatable bonds is 6. The third-order valence-electron chi connectivity index (χ3n) is 3.35. The zero-order valence-electron chi connectivity index (χ0n) is 11.4. The van der Waals surface area contributed by atoms with E-state index in [-0.39, 0.29) is 0 Å². The number of hydrogen-bond acceptors (Lipinski definition) is 3. The van der Waals surface area contributed by atoms with E-state index in [1.54, 1.807) is 11.3 Å². The highest BCUT2D eigenvalue weighted by Gasteiger charge is 2.10. The fourth-order valence-electron chi connectivity index (χ4n) is 2.23. The Kier molecular flexibility index (Phi) is 4.55. The molecule has 98 valence electrons. The van der Waals surface area contributed by atoms with Crippen LogP contribution < -0.4 is 5.32 Å². The zero-order valence-corrected chi connectivity index (χ0v) is 12.2. The average molecular weight is 263 g/mol. The predicted molar refractivity (Wildman–Crippen MR) is 77.4 cm³/mol. The normalized spacial score (nSPS) is 11.1. The van der Waals surface area contributed by atoms with Gasteiger partial charge in [-0.3, -0.25) is 4.68 Å². The smallest absolute Gasteiger partial charge is 0.0628 e. The summed E-state index contributed by atoms with van der Waals surface area (Å²) in [6, 6.07) is 2.19. The fourth-order valence-corrected chi connectivity index (χ4v) is 2.94. The van der Waals surface area contributed by atoms with Crippen molar-refractivity contribution in [2.45, 2.75) is 33.2 Å². The first-order valence-corrected chi connectivity index (χ1v) is 7.35. The number of likely N-dealkylation sites (N-methyl/N-ethyl adjacent to an activating group) is 1. The summed E-state index contributed by atoms with van der Waals surface area (Å²) in [5.74, 6) is 0. The molecule has 0 saturated heterocycles. The van der Waals surface area contributed by atoms with Crippen LogP contribution in [0.1, 0.15) is 22.5 Å². The third-order valence-corrected chi connectivity index (χ3v) is 4.08. The molecular formula is C14H21N3S. The highest BCUT2D eigenvalue weighted by molar-refractivity contribution is 7.07. The van der Waals surface area contributed by atoms with Gasteiger partial charge in [0, 0.05) is 12.2 Å². The Morgan fingerprint density at radius 2 is 2.17 bits per heavy atom.